The second-order valence-corrected chi connectivity index (χ2v) is 9.45. The highest BCUT2D eigenvalue weighted by Gasteiger charge is 2.21. The van der Waals surface area contributed by atoms with Crippen LogP contribution in [0.5, 0.6) is 0 Å². The number of rotatable bonds is 6. The number of thiazole rings is 1. The number of benzene rings is 2. The second-order valence-electron chi connectivity index (χ2n) is 8.00. The lowest BCUT2D eigenvalue weighted by atomic mass is 10.1. The standard InChI is InChI=1S/C24H24ClN5OS/c1-17-20(16-26-30(17)24-27-21-7-2-3-8-23(21)32-24)22(31)9-10-28-11-13-29(14-12-28)19-6-4-5-18(25)15-19/h2-8,15-16H,9-14H2,1H3. The lowest BCUT2D eigenvalue weighted by molar-refractivity contribution is 0.0962. The first kappa shape index (κ1) is 21.1. The monoisotopic (exact) mass is 465 g/mol. The van der Waals surface area contributed by atoms with Gasteiger partial charge in [0.2, 0.25) is 5.13 Å². The van der Waals surface area contributed by atoms with Gasteiger partial charge in [0.1, 0.15) is 0 Å². The van der Waals surface area contributed by atoms with Gasteiger partial charge in [0.05, 0.1) is 27.7 Å². The lowest BCUT2D eigenvalue weighted by Gasteiger charge is -2.36. The van der Waals surface area contributed by atoms with Crippen molar-refractivity contribution in [2.45, 2.75) is 13.3 Å². The van der Waals surface area contributed by atoms with Crippen molar-refractivity contribution in [1.29, 1.82) is 0 Å². The summed E-state index contributed by atoms with van der Waals surface area (Å²) in [7, 11) is 0. The van der Waals surface area contributed by atoms with Crippen molar-refractivity contribution in [3.8, 4) is 5.13 Å². The highest BCUT2D eigenvalue weighted by Crippen LogP contribution is 2.26. The number of Topliss-reactive ketones (excluding diaryl/α,β-unsaturated/α-hetero) is 1. The number of hydrogen-bond acceptors (Lipinski definition) is 6. The molecule has 1 aliphatic heterocycles. The van der Waals surface area contributed by atoms with E-state index in [0.717, 1.165) is 64.5 Å². The molecule has 3 heterocycles. The molecule has 2 aromatic carbocycles. The lowest BCUT2D eigenvalue weighted by Crippen LogP contribution is -2.46. The van der Waals surface area contributed by atoms with Gasteiger partial charge < -0.3 is 4.90 Å². The molecular formula is C24H24ClN5OS. The highest BCUT2D eigenvalue weighted by atomic mass is 35.5. The molecule has 0 aliphatic carbocycles. The number of para-hydroxylation sites is 1. The number of ketones is 1. The van der Waals surface area contributed by atoms with Gasteiger partial charge in [-0.15, -0.1) is 0 Å². The molecule has 32 heavy (non-hydrogen) atoms. The molecule has 0 amide bonds. The van der Waals surface area contributed by atoms with Crippen LogP contribution in [-0.2, 0) is 0 Å². The summed E-state index contributed by atoms with van der Waals surface area (Å²) in [4.78, 5) is 22.3. The topological polar surface area (TPSA) is 54.3 Å². The van der Waals surface area contributed by atoms with E-state index in [9.17, 15) is 4.79 Å². The maximum Gasteiger partial charge on any atom is 0.211 e. The van der Waals surface area contributed by atoms with Gasteiger partial charge in [0, 0.05) is 49.9 Å². The number of halogens is 1. The van der Waals surface area contributed by atoms with E-state index >= 15 is 0 Å². The molecule has 0 N–H and O–H groups in total. The van der Waals surface area contributed by atoms with Gasteiger partial charge in [-0.3, -0.25) is 9.69 Å². The van der Waals surface area contributed by atoms with Gasteiger partial charge in [0.15, 0.2) is 5.78 Å². The summed E-state index contributed by atoms with van der Waals surface area (Å²) in [6.45, 7) is 6.43. The Morgan fingerprint density at radius 2 is 1.91 bits per heavy atom. The number of aromatic nitrogens is 3. The van der Waals surface area contributed by atoms with Gasteiger partial charge in [-0.05, 0) is 37.3 Å². The fourth-order valence-corrected chi connectivity index (χ4v) is 5.28. The van der Waals surface area contributed by atoms with Crippen LogP contribution in [0.1, 0.15) is 22.5 Å². The summed E-state index contributed by atoms with van der Waals surface area (Å²) in [5.74, 6) is 0.132. The second kappa shape index (κ2) is 9.02. The molecule has 1 fully saturated rings. The average Bonchev–Trinajstić information content (AvgIpc) is 3.41. The number of nitrogens with zero attached hydrogens (tertiary/aromatic N) is 5. The van der Waals surface area contributed by atoms with Crippen molar-refractivity contribution in [3.63, 3.8) is 0 Å². The molecule has 0 bridgehead atoms. The Morgan fingerprint density at radius 1 is 1.09 bits per heavy atom. The van der Waals surface area contributed by atoms with Crippen molar-refractivity contribution >= 4 is 44.6 Å². The number of carbonyl (C=O) groups excluding carboxylic acids is 1. The summed E-state index contributed by atoms with van der Waals surface area (Å²) < 4.78 is 2.89. The van der Waals surface area contributed by atoms with Crippen LogP contribution in [0.2, 0.25) is 5.02 Å². The van der Waals surface area contributed by atoms with Gasteiger partial charge in [-0.2, -0.15) is 5.10 Å². The normalized spacial score (nSPS) is 14.9. The van der Waals surface area contributed by atoms with E-state index in [1.807, 2.05) is 49.4 Å². The Hall–Kier alpha value is -2.74. The molecule has 0 radical (unpaired) electrons. The van der Waals surface area contributed by atoms with Crippen LogP contribution in [0.3, 0.4) is 0 Å². The van der Waals surface area contributed by atoms with E-state index in [2.05, 4.69) is 25.9 Å². The molecule has 1 aliphatic rings. The molecule has 164 valence electrons. The molecule has 1 saturated heterocycles. The predicted molar refractivity (Wildman–Crippen MR) is 131 cm³/mol. The molecule has 2 aromatic heterocycles. The zero-order valence-corrected chi connectivity index (χ0v) is 19.4. The largest absolute Gasteiger partial charge is 0.369 e. The smallest absolute Gasteiger partial charge is 0.211 e. The van der Waals surface area contributed by atoms with Gasteiger partial charge in [-0.25, -0.2) is 9.67 Å². The van der Waals surface area contributed by atoms with E-state index in [-0.39, 0.29) is 5.78 Å². The van der Waals surface area contributed by atoms with E-state index in [1.165, 1.54) is 0 Å². The summed E-state index contributed by atoms with van der Waals surface area (Å²) >= 11 is 7.71. The van der Waals surface area contributed by atoms with Crippen molar-refractivity contribution in [1.82, 2.24) is 19.7 Å². The average molecular weight is 466 g/mol. The fraction of sp³-hybridized carbons (Fsp3) is 0.292. The molecule has 0 unspecified atom stereocenters. The predicted octanol–water partition coefficient (Wildman–Crippen LogP) is 4.84. The maximum absolute atomic E-state index is 12.9. The van der Waals surface area contributed by atoms with Crippen LogP contribution >= 0.6 is 22.9 Å². The number of fused-ring (bicyclic) bond motifs is 1. The van der Waals surface area contributed by atoms with Crippen molar-refractivity contribution in [2.75, 3.05) is 37.6 Å². The van der Waals surface area contributed by atoms with E-state index in [0.29, 0.717) is 12.0 Å². The molecule has 6 nitrogen and oxygen atoms in total. The SMILES string of the molecule is Cc1c(C(=O)CCN2CCN(c3cccc(Cl)c3)CC2)cnn1-c1nc2ccccc2s1. The Morgan fingerprint density at radius 3 is 2.69 bits per heavy atom. The van der Waals surface area contributed by atoms with Crippen LogP contribution in [-0.4, -0.2) is 58.2 Å². The summed E-state index contributed by atoms with van der Waals surface area (Å²) in [5, 5.41) is 6.01. The Balaban J connectivity index is 1.19. The maximum atomic E-state index is 12.9. The van der Waals surface area contributed by atoms with Crippen LogP contribution in [0.15, 0.2) is 54.7 Å². The molecule has 0 saturated carbocycles. The first-order valence-electron chi connectivity index (χ1n) is 10.7. The van der Waals surface area contributed by atoms with Crippen molar-refractivity contribution in [2.24, 2.45) is 0 Å². The molecule has 0 atom stereocenters. The van der Waals surface area contributed by atoms with Gasteiger partial charge >= 0.3 is 0 Å². The Labute approximate surface area is 196 Å². The Kier molecular flexibility index (Phi) is 5.95. The van der Waals surface area contributed by atoms with Crippen LogP contribution in [0.25, 0.3) is 15.3 Å². The third-order valence-electron chi connectivity index (χ3n) is 5.97. The Bertz CT molecular complexity index is 1230. The molecule has 8 heteroatoms. The molecule has 5 rings (SSSR count). The quantitative estimate of drug-likeness (QED) is 0.381. The number of anilines is 1. The highest BCUT2D eigenvalue weighted by molar-refractivity contribution is 7.20. The minimum atomic E-state index is 0.132. The third-order valence-corrected chi connectivity index (χ3v) is 7.22. The van der Waals surface area contributed by atoms with Crippen LogP contribution in [0, 0.1) is 6.92 Å². The first-order valence-corrected chi connectivity index (χ1v) is 11.9. The van der Waals surface area contributed by atoms with Crippen LogP contribution in [0.4, 0.5) is 5.69 Å². The molecular weight excluding hydrogens is 442 g/mol. The molecule has 4 aromatic rings. The fourth-order valence-electron chi connectivity index (χ4n) is 4.12. The minimum absolute atomic E-state index is 0.132. The molecule has 0 spiro atoms. The van der Waals surface area contributed by atoms with E-state index in [4.69, 9.17) is 11.6 Å². The van der Waals surface area contributed by atoms with E-state index < -0.39 is 0 Å². The zero-order chi connectivity index (χ0) is 22.1. The minimum Gasteiger partial charge on any atom is -0.369 e. The van der Waals surface area contributed by atoms with Gasteiger partial charge in [0.25, 0.3) is 0 Å². The number of hydrogen-bond donors (Lipinski definition) is 0. The number of piperazine rings is 1. The third kappa shape index (κ3) is 4.28. The summed E-state index contributed by atoms with van der Waals surface area (Å²) in [6.07, 6.45) is 2.17. The van der Waals surface area contributed by atoms with E-state index in [1.54, 1.807) is 22.2 Å². The van der Waals surface area contributed by atoms with Crippen molar-refractivity contribution < 1.29 is 4.79 Å². The van der Waals surface area contributed by atoms with Crippen molar-refractivity contribution in [3.05, 3.63) is 71.0 Å². The summed E-state index contributed by atoms with van der Waals surface area (Å²) in [6, 6.07) is 16.0. The first-order chi connectivity index (χ1) is 15.6. The number of carbonyl (C=O) groups is 1. The van der Waals surface area contributed by atoms with Crippen LogP contribution < -0.4 is 4.90 Å². The summed E-state index contributed by atoms with van der Waals surface area (Å²) in [5.41, 5.74) is 3.64. The van der Waals surface area contributed by atoms with Gasteiger partial charge in [-0.1, -0.05) is 41.1 Å². The zero-order valence-electron chi connectivity index (χ0n) is 17.9.